The number of nitrogens with zero attached hydrogens (tertiary/aromatic N) is 1. The molecule has 138 valence electrons. The molecule has 0 aliphatic heterocycles. The summed E-state index contributed by atoms with van der Waals surface area (Å²) in [6.45, 7) is 0. The van der Waals surface area contributed by atoms with Gasteiger partial charge in [0.05, 0.1) is 10.6 Å². The highest BCUT2D eigenvalue weighted by atomic mass is 32.2. The number of thioether (sulfide) groups is 1. The average Bonchev–Trinajstić information content (AvgIpc) is 3.26. The molecule has 0 atom stereocenters. The highest BCUT2D eigenvalue weighted by Crippen LogP contribution is 2.50. The van der Waals surface area contributed by atoms with Gasteiger partial charge in [-0.1, -0.05) is 65.9 Å². The Balaban J connectivity index is 1.24. The summed E-state index contributed by atoms with van der Waals surface area (Å²) in [6.07, 6.45) is 1.36. The molecule has 1 aliphatic carbocycles. The molecule has 0 radical (unpaired) electrons. The molecule has 1 amide bonds. The van der Waals surface area contributed by atoms with Gasteiger partial charge >= 0.3 is 0 Å². The van der Waals surface area contributed by atoms with Gasteiger partial charge in [0.15, 0.2) is 5.13 Å². The van der Waals surface area contributed by atoms with Crippen molar-refractivity contribution < 1.29 is 4.79 Å². The number of hydrogen-bond acceptors (Lipinski definition) is 4. The van der Waals surface area contributed by atoms with E-state index in [0.29, 0.717) is 11.6 Å². The van der Waals surface area contributed by atoms with Crippen LogP contribution in [0.1, 0.15) is 12.8 Å². The summed E-state index contributed by atoms with van der Waals surface area (Å²) in [5.41, 5.74) is 3.38. The van der Waals surface area contributed by atoms with Crippen LogP contribution in [0.15, 0.2) is 71.6 Å². The van der Waals surface area contributed by atoms with Crippen molar-refractivity contribution in [1.82, 2.24) is 4.98 Å². The Morgan fingerprint density at radius 2 is 1.75 bits per heavy atom. The smallest absolute Gasteiger partial charge is 0.226 e. The van der Waals surface area contributed by atoms with Gasteiger partial charge < -0.3 is 5.32 Å². The van der Waals surface area contributed by atoms with Crippen LogP contribution in [-0.4, -0.2) is 16.6 Å². The maximum Gasteiger partial charge on any atom is 0.226 e. The summed E-state index contributed by atoms with van der Waals surface area (Å²) in [5, 5.41) is 6.19. The fourth-order valence-electron chi connectivity index (χ4n) is 3.59. The Kier molecular flexibility index (Phi) is 4.63. The van der Waals surface area contributed by atoms with E-state index in [2.05, 4.69) is 53.8 Å². The predicted molar refractivity (Wildman–Crippen MR) is 119 cm³/mol. The summed E-state index contributed by atoms with van der Waals surface area (Å²) in [7, 11) is 0. The molecule has 1 N–H and O–H groups in total. The van der Waals surface area contributed by atoms with Gasteiger partial charge in [0.2, 0.25) is 5.91 Å². The Hall–Kier alpha value is -2.63. The van der Waals surface area contributed by atoms with Crippen LogP contribution in [0.2, 0.25) is 0 Å². The van der Waals surface area contributed by atoms with Crippen LogP contribution in [-0.2, 0) is 4.79 Å². The van der Waals surface area contributed by atoms with E-state index in [4.69, 9.17) is 4.98 Å². The number of carbonyl (C=O) groups is 1. The molecule has 4 aromatic rings. The average molecular weight is 403 g/mol. The SMILES string of the molecule is O=C(CCCSc1ccccc1)Nc1nc2c(s1)-c1cccc3cccc-2c13. The van der Waals surface area contributed by atoms with Crippen LogP contribution in [0, 0.1) is 0 Å². The molecule has 1 aliphatic rings. The number of rotatable bonds is 6. The lowest BCUT2D eigenvalue weighted by Gasteiger charge is -2.04. The predicted octanol–water partition coefficient (Wildman–Crippen LogP) is 6.45. The molecule has 1 heterocycles. The molecular formula is C23H18N2OS2. The first kappa shape index (κ1) is 17.5. The molecule has 0 unspecified atom stereocenters. The van der Waals surface area contributed by atoms with Crippen molar-refractivity contribution in [3.05, 3.63) is 66.7 Å². The Morgan fingerprint density at radius 3 is 2.57 bits per heavy atom. The molecule has 0 bridgehead atoms. The molecular weight excluding hydrogens is 384 g/mol. The quantitative estimate of drug-likeness (QED) is 0.262. The fraction of sp³-hybridized carbons (Fsp3) is 0.130. The first-order valence-electron chi connectivity index (χ1n) is 9.30. The number of benzene rings is 3. The van der Waals surface area contributed by atoms with Gasteiger partial charge in [0.25, 0.3) is 0 Å². The third kappa shape index (κ3) is 3.21. The lowest BCUT2D eigenvalue weighted by Crippen LogP contribution is -2.11. The highest BCUT2D eigenvalue weighted by molar-refractivity contribution is 7.99. The van der Waals surface area contributed by atoms with Crippen molar-refractivity contribution in [2.45, 2.75) is 17.7 Å². The largest absolute Gasteiger partial charge is 0.302 e. The van der Waals surface area contributed by atoms with Crippen LogP contribution in [0.3, 0.4) is 0 Å². The molecule has 0 spiro atoms. The lowest BCUT2D eigenvalue weighted by molar-refractivity contribution is -0.116. The van der Waals surface area contributed by atoms with Crippen molar-refractivity contribution in [2.24, 2.45) is 0 Å². The van der Waals surface area contributed by atoms with Gasteiger partial charge in [-0.25, -0.2) is 4.98 Å². The molecule has 3 nitrogen and oxygen atoms in total. The van der Waals surface area contributed by atoms with Gasteiger partial charge in [-0.15, -0.1) is 11.8 Å². The molecule has 0 saturated carbocycles. The first-order chi connectivity index (χ1) is 13.8. The van der Waals surface area contributed by atoms with E-state index in [0.717, 1.165) is 22.7 Å². The number of nitrogens with one attached hydrogen (secondary N) is 1. The standard InChI is InChI=1S/C23H18N2OS2/c26-19(13-6-14-27-16-9-2-1-3-10-16)24-23-25-21-17-11-4-7-15-8-5-12-18(20(15)17)22(21)28-23/h1-5,7-12H,6,13-14H2,(H,24,25,26). The minimum absolute atomic E-state index is 0.0348. The third-order valence-corrected chi connectivity index (χ3v) is 6.94. The van der Waals surface area contributed by atoms with Crippen molar-refractivity contribution in [3.63, 3.8) is 0 Å². The van der Waals surface area contributed by atoms with Crippen molar-refractivity contribution >= 4 is 44.9 Å². The number of carbonyl (C=O) groups excluding carboxylic acids is 1. The maximum absolute atomic E-state index is 12.3. The summed E-state index contributed by atoms with van der Waals surface area (Å²) >= 11 is 3.35. The summed E-state index contributed by atoms with van der Waals surface area (Å²) < 4.78 is 0. The number of hydrogen-bond donors (Lipinski definition) is 1. The van der Waals surface area contributed by atoms with Gasteiger partial charge in [-0.05, 0) is 35.1 Å². The van der Waals surface area contributed by atoms with E-state index in [9.17, 15) is 4.79 Å². The molecule has 3 aromatic carbocycles. The third-order valence-electron chi connectivity index (χ3n) is 4.84. The van der Waals surface area contributed by atoms with E-state index in [1.54, 1.807) is 23.1 Å². The van der Waals surface area contributed by atoms with Crippen LogP contribution < -0.4 is 5.32 Å². The van der Waals surface area contributed by atoms with E-state index >= 15 is 0 Å². The van der Waals surface area contributed by atoms with E-state index in [-0.39, 0.29) is 5.91 Å². The zero-order valence-corrected chi connectivity index (χ0v) is 16.8. The van der Waals surface area contributed by atoms with Crippen LogP contribution in [0.25, 0.3) is 32.5 Å². The Morgan fingerprint density at radius 1 is 0.964 bits per heavy atom. The molecule has 0 fully saturated rings. The number of anilines is 1. The fourth-order valence-corrected chi connectivity index (χ4v) is 5.49. The Labute approximate surface area is 171 Å². The molecule has 0 saturated heterocycles. The van der Waals surface area contributed by atoms with Crippen molar-refractivity contribution in [2.75, 3.05) is 11.1 Å². The van der Waals surface area contributed by atoms with Crippen LogP contribution in [0.4, 0.5) is 5.13 Å². The summed E-state index contributed by atoms with van der Waals surface area (Å²) in [6, 6.07) is 23.0. The number of fused-ring (bicyclic) bond motifs is 3. The molecule has 1 aromatic heterocycles. The topological polar surface area (TPSA) is 42.0 Å². The van der Waals surface area contributed by atoms with Gasteiger partial charge in [0.1, 0.15) is 0 Å². The number of amides is 1. The first-order valence-corrected chi connectivity index (χ1v) is 11.1. The minimum Gasteiger partial charge on any atom is -0.302 e. The number of aromatic nitrogens is 1. The number of thiazole rings is 1. The van der Waals surface area contributed by atoms with Gasteiger partial charge in [-0.3, -0.25) is 4.79 Å². The summed E-state index contributed by atoms with van der Waals surface area (Å²) in [4.78, 5) is 19.5. The second kappa shape index (κ2) is 7.41. The van der Waals surface area contributed by atoms with E-state index in [1.165, 1.54) is 26.8 Å². The normalized spacial score (nSPS) is 11.6. The van der Waals surface area contributed by atoms with Gasteiger partial charge in [-0.2, -0.15) is 0 Å². The van der Waals surface area contributed by atoms with E-state index < -0.39 is 0 Å². The van der Waals surface area contributed by atoms with Crippen molar-refractivity contribution in [1.29, 1.82) is 0 Å². The second-order valence-electron chi connectivity index (χ2n) is 6.72. The van der Waals surface area contributed by atoms with Crippen LogP contribution >= 0.6 is 23.1 Å². The summed E-state index contributed by atoms with van der Waals surface area (Å²) in [5.74, 6) is 0.967. The van der Waals surface area contributed by atoms with Gasteiger partial charge in [0, 0.05) is 22.4 Å². The van der Waals surface area contributed by atoms with Crippen molar-refractivity contribution in [3.8, 4) is 21.7 Å². The highest BCUT2D eigenvalue weighted by Gasteiger charge is 2.25. The maximum atomic E-state index is 12.3. The zero-order chi connectivity index (χ0) is 18.9. The minimum atomic E-state index is 0.0348. The monoisotopic (exact) mass is 402 g/mol. The zero-order valence-electron chi connectivity index (χ0n) is 15.1. The van der Waals surface area contributed by atoms with Crippen LogP contribution in [0.5, 0.6) is 0 Å². The lowest BCUT2D eigenvalue weighted by atomic mass is 10.0. The van der Waals surface area contributed by atoms with E-state index in [1.807, 2.05) is 18.2 Å². The molecule has 5 rings (SSSR count). The second-order valence-corrected chi connectivity index (χ2v) is 8.89. The Bertz CT molecular complexity index is 1110. The molecule has 5 heteroatoms. The molecule has 28 heavy (non-hydrogen) atoms.